The third-order valence-electron chi connectivity index (χ3n) is 3.26. The molecule has 1 aliphatic heterocycles. The summed E-state index contributed by atoms with van der Waals surface area (Å²) in [5.74, 6) is -0.901. The lowest BCUT2D eigenvalue weighted by Gasteiger charge is -2.33. The number of aromatic nitrogens is 1. The Morgan fingerprint density at radius 3 is 2.24 bits per heavy atom. The zero-order chi connectivity index (χ0) is 15.6. The van der Waals surface area contributed by atoms with Crippen LogP contribution in [0.2, 0.25) is 0 Å². The van der Waals surface area contributed by atoms with Gasteiger partial charge in [-0.2, -0.15) is 4.31 Å². The minimum absolute atomic E-state index is 0.0912. The quantitative estimate of drug-likeness (QED) is 0.761. The van der Waals surface area contributed by atoms with Crippen molar-refractivity contribution in [3.63, 3.8) is 0 Å². The summed E-state index contributed by atoms with van der Waals surface area (Å²) in [6.45, 7) is 1.20. The van der Waals surface area contributed by atoms with Crippen LogP contribution in [-0.2, 0) is 10.0 Å². The third-order valence-corrected chi connectivity index (χ3v) is 4.56. The molecule has 21 heavy (non-hydrogen) atoms. The number of hydrogen-bond donors (Lipinski definition) is 1. The number of carbonyl (C=O) groups excluding carboxylic acids is 2. The third kappa shape index (κ3) is 3.56. The average molecular weight is 312 g/mol. The molecule has 0 unspecified atom stereocenters. The zero-order valence-electron chi connectivity index (χ0n) is 11.5. The van der Waals surface area contributed by atoms with E-state index in [1.54, 1.807) is 4.90 Å². The Hall–Kier alpha value is -2.00. The lowest BCUT2D eigenvalue weighted by Crippen LogP contribution is -2.50. The first-order chi connectivity index (χ1) is 9.79. The van der Waals surface area contributed by atoms with Gasteiger partial charge in [0.25, 0.3) is 11.8 Å². The van der Waals surface area contributed by atoms with Crippen molar-refractivity contribution < 1.29 is 18.0 Å². The molecule has 1 aromatic heterocycles. The molecule has 8 nitrogen and oxygen atoms in total. The van der Waals surface area contributed by atoms with Crippen LogP contribution >= 0.6 is 0 Å². The molecule has 0 aliphatic carbocycles. The molecular weight excluding hydrogens is 296 g/mol. The number of hydrogen-bond acceptors (Lipinski definition) is 5. The molecule has 2 rings (SSSR count). The number of pyridine rings is 1. The summed E-state index contributed by atoms with van der Waals surface area (Å²) in [4.78, 5) is 28.5. The van der Waals surface area contributed by atoms with Crippen molar-refractivity contribution in [3.05, 3.63) is 29.6 Å². The number of rotatable bonds is 3. The van der Waals surface area contributed by atoms with E-state index in [2.05, 4.69) is 4.98 Å². The maximum atomic E-state index is 12.2. The van der Waals surface area contributed by atoms with Gasteiger partial charge in [-0.15, -0.1) is 0 Å². The van der Waals surface area contributed by atoms with Gasteiger partial charge in [0.05, 0.1) is 11.8 Å². The van der Waals surface area contributed by atoms with Crippen LogP contribution in [0.25, 0.3) is 0 Å². The van der Waals surface area contributed by atoms with Crippen molar-refractivity contribution in [1.82, 2.24) is 14.2 Å². The van der Waals surface area contributed by atoms with E-state index in [9.17, 15) is 18.0 Å². The smallest absolute Gasteiger partial charge is 0.267 e. The average Bonchev–Trinajstić information content (AvgIpc) is 2.46. The second-order valence-electron chi connectivity index (χ2n) is 4.75. The van der Waals surface area contributed by atoms with Crippen molar-refractivity contribution in [1.29, 1.82) is 0 Å². The van der Waals surface area contributed by atoms with E-state index in [1.165, 1.54) is 22.6 Å². The molecule has 114 valence electrons. The first-order valence-electron chi connectivity index (χ1n) is 6.29. The number of primary amides is 1. The first kappa shape index (κ1) is 15.4. The summed E-state index contributed by atoms with van der Waals surface area (Å²) >= 11 is 0. The van der Waals surface area contributed by atoms with Crippen LogP contribution < -0.4 is 5.73 Å². The highest BCUT2D eigenvalue weighted by molar-refractivity contribution is 7.88. The highest BCUT2D eigenvalue weighted by Gasteiger charge is 2.26. The lowest BCUT2D eigenvalue weighted by atomic mass is 10.2. The highest BCUT2D eigenvalue weighted by atomic mass is 32.2. The number of piperazine rings is 1. The Labute approximate surface area is 122 Å². The molecule has 0 radical (unpaired) electrons. The van der Waals surface area contributed by atoms with Crippen LogP contribution in [-0.4, -0.2) is 66.9 Å². The predicted octanol–water partition coefficient (Wildman–Crippen LogP) is -1.10. The Balaban J connectivity index is 2.03. The number of nitrogens with zero attached hydrogens (tertiary/aromatic N) is 3. The van der Waals surface area contributed by atoms with Gasteiger partial charge in [0.15, 0.2) is 0 Å². The highest BCUT2D eigenvalue weighted by Crippen LogP contribution is 2.10. The molecule has 2 heterocycles. The van der Waals surface area contributed by atoms with Crippen molar-refractivity contribution in [2.75, 3.05) is 32.4 Å². The lowest BCUT2D eigenvalue weighted by molar-refractivity contribution is 0.0697. The minimum Gasteiger partial charge on any atom is -0.364 e. The van der Waals surface area contributed by atoms with Crippen molar-refractivity contribution in [2.45, 2.75) is 0 Å². The molecule has 1 fully saturated rings. The van der Waals surface area contributed by atoms with Crippen LogP contribution in [0.1, 0.15) is 20.8 Å². The number of nitrogens with two attached hydrogens (primary N) is 1. The van der Waals surface area contributed by atoms with Crippen LogP contribution in [0.3, 0.4) is 0 Å². The van der Waals surface area contributed by atoms with Crippen molar-refractivity contribution >= 4 is 21.8 Å². The summed E-state index contributed by atoms with van der Waals surface area (Å²) in [6.07, 6.45) is 2.45. The second kappa shape index (κ2) is 5.78. The molecule has 1 aromatic rings. The van der Waals surface area contributed by atoms with Gasteiger partial charge in [0.2, 0.25) is 10.0 Å². The Morgan fingerprint density at radius 2 is 1.81 bits per heavy atom. The SMILES string of the molecule is CS(=O)(=O)N1CCN(C(=O)c2ccc(C(N)=O)nc2)CC1. The number of carbonyl (C=O) groups is 2. The summed E-state index contributed by atoms with van der Waals surface area (Å²) in [7, 11) is -3.22. The molecule has 0 bridgehead atoms. The van der Waals surface area contributed by atoms with E-state index in [4.69, 9.17) is 5.73 Å². The molecule has 1 saturated heterocycles. The fourth-order valence-corrected chi connectivity index (χ4v) is 2.90. The fourth-order valence-electron chi connectivity index (χ4n) is 2.07. The van der Waals surface area contributed by atoms with E-state index >= 15 is 0 Å². The molecule has 0 saturated carbocycles. The van der Waals surface area contributed by atoms with Gasteiger partial charge in [-0.1, -0.05) is 0 Å². The van der Waals surface area contributed by atoms with Gasteiger partial charge in [0.1, 0.15) is 5.69 Å². The van der Waals surface area contributed by atoms with Gasteiger partial charge in [-0.05, 0) is 12.1 Å². The Kier molecular flexibility index (Phi) is 4.24. The molecule has 1 aliphatic rings. The molecule has 2 N–H and O–H groups in total. The molecule has 9 heteroatoms. The van der Waals surface area contributed by atoms with E-state index in [-0.39, 0.29) is 24.7 Å². The van der Waals surface area contributed by atoms with Gasteiger partial charge >= 0.3 is 0 Å². The van der Waals surface area contributed by atoms with E-state index in [0.717, 1.165) is 6.26 Å². The van der Waals surface area contributed by atoms with Gasteiger partial charge < -0.3 is 10.6 Å². The van der Waals surface area contributed by atoms with E-state index in [1.807, 2.05) is 0 Å². The summed E-state index contributed by atoms with van der Waals surface area (Å²) < 4.78 is 24.1. The summed E-state index contributed by atoms with van der Waals surface area (Å²) in [5, 5.41) is 0. The van der Waals surface area contributed by atoms with Gasteiger partial charge in [-0.25, -0.2) is 8.42 Å². The summed E-state index contributed by atoms with van der Waals surface area (Å²) in [6, 6.07) is 2.88. The molecule has 2 amide bonds. The number of amides is 2. The fraction of sp³-hybridized carbons (Fsp3) is 0.417. The van der Waals surface area contributed by atoms with E-state index < -0.39 is 15.9 Å². The maximum Gasteiger partial charge on any atom is 0.267 e. The minimum atomic E-state index is -3.22. The summed E-state index contributed by atoms with van der Waals surface area (Å²) in [5.41, 5.74) is 5.51. The van der Waals surface area contributed by atoms with E-state index in [0.29, 0.717) is 18.7 Å². The van der Waals surface area contributed by atoms with Crippen LogP contribution in [0.15, 0.2) is 18.3 Å². The molecular formula is C12H16N4O4S. The van der Waals surface area contributed by atoms with Crippen molar-refractivity contribution in [3.8, 4) is 0 Å². The second-order valence-corrected chi connectivity index (χ2v) is 6.73. The first-order valence-corrected chi connectivity index (χ1v) is 8.14. The molecule has 0 spiro atoms. The normalized spacial score (nSPS) is 16.7. The Morgan fingerprint density at radius 1 is 1.19 bits per heavy atom. The van der Waals surface area contributed by atoms with Gasteiger partial charge in [0, 0.05) is 32.4 Å². The topological polar surface area (TPSA) is 114 Å². The predicted molar refractivity (Wildman–Crippen MR) is 75.1 cm³/mol. The van der Waals surface area contributed by atoms with Crippen LogP contribution in [0, 0.1) is 0 Å². The van der Waals surface area contributed by atoms with Crippen LogP contribution in [0.4, 0.5) is 0 Å². The standard InChI is InChI=1S/C12H16N4O4S/c1-21(19,20)16-6-4-15(5-7-16)12(18)9-2-3-10(11(13)17)14-8-9/h2-3,8H,4-7H2,1H3,(H2,13,17). The number of sulfonamides is 1. The molecule has 0 aromatic carbocycles. The largest absolute Gasteiger partial charge is 0.364 e. The van der Waals surface area contributed by atoms with Crippen LogP contribution in [0.5, 0.6) is 0 Å². The maximum absolute atomic E-state index is 12.2. The molecule has 0 atom stereocenters. The van der Waals surface area contributed by atoms with Gasteiger partial charge in [-0.3, -0.25) is 14.6 Å². The van der Waals surface area contributed by atoms with Crippen molar-refractivity contribution in [2.24, 2.45) is 5.73 Å². The zero-order valence-corrected chi connectivity index (χ0v) is 12.3. The monoisotopic (exact) mass is 312 g/mol. The Bertz CT molecular complexity index is 648.